The molecule has 1 aromatic rings. The number of benzene rings is 1. The third-order valence-corrected chi connectivity index (χ3v) is 1.38. The maximum atomic E-state index is 11.6. The maximum Gasteiger partial charge on any atom is 0.299 e. The van der Waals surface area contributed by atoms with Crippen molar-refractivity contribution in [3.05, 3.63) is 35.4 Å². The van der Waals surface area contributed by atoms with Gasteiger partial charge in [0.15, 0.2) is 0 Å². The normalized spacial score (nSPS) is 9.33. The number of halogens is 2. The number of hydrogen-bond donors (Lipinski definition) is 0. The fourth-order valence-electron chi connectivity index (χ4n) is 0.775. The van der Waals surface area contributed by atoms with Gasteiger partial charge in [0.2, 0.25) is 0 Å². The summed E-state index contributed by atoms with van der Waals surface area (Å²) in [5.74, 6) is 4.17. The lowest BCUT2D eigenvalue weighted by molar-refractivity contribution is 0.215. The Morgan fingerprint density at radius 3 is 2.25 bits per heavy atom. The van der Waals surface area contributed by atoms with Gasteiger partial charge in [-0.15, -0.1) is 0 Å². The molecule has 0 radical (unpaired) electrons. The van der Waals surface area contributed by atoms with E-state index in [9.17, 15) is 8.78 Å². The molecule has 62 valence electrons. The minimum Gasteiger partial charge on any atom is -0.196 e. The minimum absolute atomic E-state index is 0.626. The molecule has 0 unspecified atom stereocenters. The zero-order chi connectivity index (χ0) is 8.97. The summed E-state index contributed by atoms with van der Waals surface area (Å²) >= 11 is 0. The maximum absolute atomic E-state index is 11.6. The average molecular weight is 166 g/mol. The Hall–Kier alpha value is -1.36. The number of aryl methyl sites for hydroxylation is 1. The first-order valence-corrected chi connectivity index (χ1v) is 3.55. The molecule has 0 aliphatic heterocycles. The van der Waals surface area contributed by atoms with E-state index in [-0.39, 0.29) is 0 Å². The molecule has 0 spiro atoms. The van der Waals surface area contributed by atoms with Crippen molar-refractivity contribution in [2.75, 3.05) is 0 Å². The first kappa shape index (κ1) is 8.73. The van der Waals surface area contributed by atoms with Gasteiger partial charge < -0.3 is 0 Å². The molecule has 0 heterocycles. The Morgan fingerprint density at radius 1 is 1.17 bits per heavy atom. The molecule has 0 atom stereocenters. The summed E-state index contributed by atoms with van der Waals surface area (Å²) in [5.41, 5.74) is 1.72. The minimum atomic E-state index is -2.55. The van der Waals surface area contributed by atoms with Gasteiger partial charge in [0.1, 0.15) is 0 Å². The number of alkyl halides is 2. The Labute approximate surface area is 70.2 Å². The van der Waals surface area contributed by atoms with E-state index in [0.717, 1.165) is 5.56 Å². The average Bonchev–Trinajstić information content (AvgIpc) is 2.03. The second kappa shape index (κ2) is 3.87. The highest BCUT2D eigenvalue weighted by Crippen LogP contribution is 2.01. The van der Waals surface area contributed by atoms with Gasteiger partial charge in [0.25, 0.3) is 6.43 Å². The van der Waals surface area contributed by atoms with E-state index in [1.165, 1.54) is 0 Å². The van der Waals surface area contributed by atoms with Crippen LogP contribution >= 0.6 is 0 Å². The highest BCUT2D eigenvalue weighted by molar-refractivity contribution is 5.36. The molecule has 0 N–H and O–H groups in total. The van der Waals surface area contributed by atoms with Crippen LogP contribution in [-0.4, -0.2) is 6.43 Å². The van der Waals surface area contributed by atoms with Crippen molar-refractivity contribution < 1.29 is 8.78 Å². The molecule has 12 heavy (non-hydrogen) atoms. The predicted octanol–water partition coefficient (Wildman–Crippen LogP) is 2.61. The van der Waals surface area contributed by atoms with Crippen molar-refractivity contribution in [3.8, 4) is 11.8 Å². The molecule has 0 aliphatic rings. The second-order valence-electron chi connectivity index (χ2n) is 2.44. The SMILES string of the molecule is Cc1ccc(C#CC(F)F)cc1. The fourth-order valence-corrected chi connectivity index (χ4v) is 0.775. The van der Waals surface area contributed by atoms with Crippen LogP contribution in [0.1, 0.15) is 11.1 Å². The summed E-state index contributed by atoms with van der Waals surface area (Å²) in [6.45, 7) is 1.93. The molecule has 2 heteroatoms. The Morgan fingerprint density at radius 2 is 1.75 bits per heavy atom. The first-order chi connectivity index (χ1) is 5.68. The summed E-state index contributed by atoms with van der Waals surface area (Å²) in [6, 6.07) is 7.14. The van der Waals surface area contributed by atoms with E-state index in [0.29, 0.717) is 5.56 Å². The van der Waals surface area contributed by atoms with Crippen LogP contribution in [0, 0.1) is 18.8 Å². The Bertz CT molecular complexity index is 301. The van der Waals surface area contributed by atoms with E-state index in [4.69, 9.17) is 0 Å². The molecular formula is C10H8F2. The molecule has 1 aromatic carbocycles. The first-order valence-electron chi connectivity index (χ1n) is 3.55. The van der Waals surface area contributed by atoms with Crippen molar-refractivity contribution in [3.63, 3.8) is 0 Å². The molecule has 0 saturated heterocycles. The van der Waals surface area contributed by atoms with Crippen molar-refractivity contribution in [2.24, 2.45) is 0 Å². The lowest BCUT2D eigenvalue weighted by atomic mass is 10.2. The summed E-state index contributed by atoms with van der Waals surface area (Å²) in [7, 11) is 0. The summed E-state index contributed by atoms with van der Waals surface area (Å²) in [4.78, 5) is 0. The third-order valence-electron chi connectivity index (χ3n) is 1.38. The summed E-state index contributed by atoms with van der Waals surface area (Å²) in [6.07, 6.45) is -2.55. The third kappa shape index (κ3) is 2.71. The molecule has 0 nitrogen and oxygen atoms in total. The van der Waals surface area contributed by atoms with Gasteiger partial charge in [0, 0.05) is 5.56 Å². The standard InChI is InChI=1S/C10H8F2/c1-8-2-4-9(5-3-8)6-7-10(11)12/h2-5,10H,1H3. The number of rotatable bonds is 0. The fraction of sp³-hybridized carbons (Fsp3) is 0.200. The smallest absolute Gasteiger partial charge is 0.196 e. The highest BCUT2D eigenvalue weighted by Gasteiger charge is 1.91. The van der Waals surface area contributed by atoms with Crippen molar-refractivity contribution in [1.29, 1.82) is 0 Å². The lowest BCUT2D eigenvalue weighted by Crippen LogP contribution is -1.82. The number of hydrogen-bond acceptors (Lipinski definition) is 0. The van der Waals surface area contributed by atoms with E-state index in [2.05, 4.69) is 5.92 Å². The van der Waals surface area contributed by atoms with Gasteiger partial charge in [-0.1, -0.05) is 23.6 Å². The molecule has 0 bridgehead atoms. The zero-order valence-corrected chi connectivity index (χ0v) is 6.64. The van der Waals surface area contributed by atoms with E-state index in [1.807, 2.05) is 19.1 Å². The van der Waals surface area contributed by atoms with Crippen molar-refractivity contribution >= 4 is 0 Å². The largest absolute Gasteiger partial charge is 0.299 e. The van der Waals surface area contributed by atoms with E-state index in [1.54, 1.807) is 18.1 Å². The lowest BCUT2D eigenvalue weighted by Gasteiger charge is -1.90. The summed E-state index contributed by atoms with van der Waals surface area (Å²) < 4.78 is 23.3. The quantitative estimate of drug-likeness (QED) is 0.520. The van der Waals surface area contributed by atoms with E-state index >= 15 is 0 Å². The van der Waals surface area contributed by atoms with Crippen LogP contribution in [0.4, 0.5) is 8.78 Å². The topological polar surface area (TPSA) is 0 Å². The van der Waals surface area contributed by atoms with Crippen LogP contribution in [0.25, 0.3) is 0 Å². The van der Waals surface area contributed by atoms with Crippen LogP contribution < -0.4 is 0 Å². The van der Waals surface area contributed by atoms with E-state index < -0.39 is 6.43 Å². The molecule has 0 aliphatic carbocycles. The monoisotopic (exact) mass is 166 g/mol. The molecule has 0 saturated carbocycles. The van der Waals surface area contributed by atoms with Gasteiger partial charge in [-0.2, -0.15) is 8.78 Å². The van der Waals surface area contributed by atoms with Crippen LogP contribution in [0.15, 0.2) is 24.3 Å². The van der Waals surface area contributed by atoms with Gasteiger partial charge >= 0.3 is 0 Å². The Balaban J connectivity index is 2.79. The van der Waals surface area contributed by atoms with Crippen molar-refractivity contribution in [1.82, 2.24) is 0 Å². The molecule has 0 amide bonds. The molecular weight excluding hydrogens is 158 g/mol. The molecule has 0 fully saturated rings. The van der Waals surface area contributed by atoms with Crippen LogP contribution in [0.3, 0.4) is 0 Å². The van der Waals surface area contributed by atoms with Gasteiger partial charge in [0.05, 0.1) is 0 Å². The van der Waals surface area contributed by atoms with Crippen LogP contribution in [0.2, 0.25) is 0 Å². The molecule has 1 rings (SSSR count). The van der Waals surface area contributed by atoms with Gasteiger partial charge in [-0.3, -0.25) is 0 Å². The van der Waals surface area contributed by atoms with Crippen LogP contribution in [-0.2, 0) is 0 Å². The van der Waals surface area contributed by atoms with Gasteiger partial charge in [-0.05, 0) is 25.0 Å². The summed E-state index contributed by atoms with van der Waals surface area (Å²) in [5, 5.41) is 0. The van der Waals surface area contributed by atoms with Crippen LogP contribution in [0.5, 0.6) is 0 Å². The zero-order valence-electron chi connectivity index (χ0n) is 6.64. The molecule has 0 aromatic heterocycles. The predicted molar refractivity (Wildman–Crippen MR) is 44.1 cm³/mol. The second-order valence-corrected chi connectivity index (χ2v) is 2.44. The van der Waals surface area contributed by atoms with Crippen molar-refractivity contribution in [2.45, 2.75) is 13.3 Å². The van der Waals surface area contributed by atoms with Gasteiger partial charge in [-0.25, -0.2) is 0 Å². The Kier molecular flexibility index (Phi) is 2.82. The highest BCUT2D eigenvalue weighted by atomic mass is 19.3.